The van der Waals surface area contributed by atoms with Crippen molar-refractivity contribution in [3.05, 3.63) is 0 Å². The van der Waals surface area contributed by atoms with Crippen LogP contribution in [0.4, 0.5) is 8.78 Å². The number of rotatable bonds is 8. The maximum Gasteiger partial charge on any atom is 0.251 e. The minimum atomic E-state index is -2.23. The molecule has 1 aliphatic heterocycles. The van der Waals surface area contributed by atoms with Crippen molar-refractivity contribution in [2.75, 3.05) is 44.7 Å². The molecule has 0 atom stereocenters. The molecule has 0 aromatic carbocycles. The molecule has 21 heavy (non-hydrogen) atoms. The second kappa shape index (κ2) is 11.1. The first-order valence-electron chi connectivity index (χ1n) is 7.70. The molecule has 124 valence electrons. The highest BCUT2D eigenvalue weighted by molar-refractivity contribution is 7.98. The van der Waals surface area contributed by atoms with E-state index in [-0.39, 0.29) is 6.54 Å². The standard InChI is InChI=1S/C14H28F2N4S/c1-3-17-14(18-7-4-10-21-2)19-12-5-8-20(9-6-12)11-13(15)16/h12-13H,3-11H2,1-2H3,(H2,17,18,19). The van der Waals surface area contributed by atoms with Crippen molar-refractivity contribution in [1.82, 2.24) is 15.5 Å². The monoisotopic (exact) mass is 322 g/mol. The van der Waals surface area contributed by atoms with Crippen molar-refractivity contribution in [3.8, 4) is 0 Å². The third-order valence-corrected chi connectivity index (χ3v) is 4.14. The summed E-state index contributed by atoms with van der Waals surface area (Å²) in [6, 6.07) is 0.331. The Morgan fingerprint density at radius 2 is 2.10 bits per heavy atom. The molecule has 0 spiro atoms. The first kappa shape index (κ1) is 18.5. The zero-order chi connectivity index (χ0) is 15.5. The quantitative estimate of drug-likeness (QED) is 0.407. The minimum Gasteiger partial charge on any atom is -0.357 e. The number of hydrogen-bond donors (Lipinski definition) is 2. The van der Waals surface area contributed by atoms with Crippen LogP contribution in [0.2, 0.25) is 0 Å². The summed E-state index contributed by atoms with van der Waals surface area (Å²) in [6.45, 7) is 5.06. The van der Waals surface area contributed by atoms with Crippen LogP contribution >= 0.6 is 11.8 Å². The molecule has 0 bridgehead atoms. The van der Waals surface area contributed by atoms with E-state index in [1.165, 1.54) is 0 Å². The van der Waals surface area contributed by atoms with Crippen molar-refractivity contribution >= 4 is 17.7 Å². The van der Waals surface area contributed by atoms with Gasteiger partial charge < -0.3 is 10.6 Å². The van der Waals surface area contributed by atoms with Gasteiger partial charge in [-0.3, -0.25) is 9.89 Å². The molecule has 0 saturated carbocycles. The third-order valence-electron chi connectivity index (χ3n) is 3.45. The molecule has 1 heterocycles. The van der Waals surface area contributed by atoms with E-state index in [4.69, 9.17) is 0 Å². The fourth-order valence-electron chi connectivity index (χ4n) is 2.37. The summed E-state index contributed by atoms with van der Waals surface area (Å²) in [5.41, 5.74) is 0. The van der Waals surface area contributed by atoms with Gasteiger partial charge in [-0.25, -0.2) is 8.78 Å². The Bertz CT molecular complexity index is 295. The van der Waals surface area contributed by atoms with Gasteiger partial charge in [0.1, 0.15) is 0 Å². The topological polar surface area (TPSA) is 39.7 Å². The molecular formula is C14H28F2N4S. The van der Waals surface area contributed by atoms with Gasteiger partial charge in [-0.2, -0.15) is 11.8 Å². The summed E-state index contributed by atoms with van der Waals surface area (Å²) < 4.78 is 24.7. The van der Waals surface area contributed by atoms with Gasteiger partial charge in [-0.05, 0) is 38.2 Å². The summed E-state index contributed by atoms with van der Waals surface area (Å²) in [7, 11) is 0. The summed E-state index contributed by atoms with van der Waals surface area (Å²) in [6.07, 6.45) is 2.72. The number of guanidine groups is 1. The van der Waals surface area contributed by atoms with Crippen molar-refractivity contribution in [3.63, 3.8) is 0 Å². The zero-order valence-electron chi connectivity index (χ0n) is 13.1. The van der Waals surface area contributed by atoms with Crippen LogP contribution < -0.4 is 10.6 Å². The fraction of sp³-hybridized carbons (Fsp3) is 0.929. The smallest absolute Gasteiger partial charge is 0.251 e. The van der Waals surface area contributed by atoms with Crippen molar-refractivity contribution in [2.24, 2.45) is 4.99 Å². The predicted molar refractivity (Wildman–Crippen MR) is 87.6 cm³/mol. The molecule has 0 aromatic rings. The van der Waals surface area contributed by atoms with Crippen LogP contribution in [-0.2, 0) is 0 Å². The van der Waals surface area contributed by atoms with Gasteiger partial charge >= 0.3 is 0 Å². The average Bonchev–Trinajstić information content (AvgIpc) is 2.45. The largest absolute Gasteiger partial charge is 0.357 e. The molecule has 0 amide bonds. The highest BCUT2D eigenvalue weighted by Gasteiger charge is 2.21. The van der Waals surface area contributed by atoms with Gasteiger partial charge in [0.05, 0.1) is 6.54 Å². The molecule has 0 radical (unpaired) electrons. The summed E-state index contributed by atoms with van der Waals surface area (Å²) in [5.74, 6) is 1.97. The van der Waals surface area contributed by atoms with Gasteiger partial charge in [-0.1, -0.05) is 0 Å². The maximum atomic E-state index is 12.3. The number of nitrogens with one attached hydrogen (secondary N) is 2. The summed E-state index contributed by atoms with van der Waals surface area (Å²) in [4.78, 5) is 6.40. The third kappa shape index (κ3) is 8.46. The molecule has 1 rings (SSSR count). The number of likely N-dealkylation sites (tertiary alicyclic amines) is 1. The molecule has 0 aromatic heterocycles. The van der Waals surface area contributed by atoms with E-state index in [2.05, 4.69) is 21.9 Å². The second-order valence-electron chi connectivity index (χ2n) is 5.22. The summed E-state index contributed by atoms with van der Waals surface area (Å²) >= 11 is 1.83. The summed E-state index contributed by atoms with van der Waals surface area (Å²) in [5, 5.41) is 6.67. The molecular weight excluding hydrogens is 294 g/mol. The molecule has 1 saturated heterocycles. The number of piperidine rings is 1. The molecule has 1 aliphatic rings. The number of alkyl halides is 2. The molecule has 0 unspecified atom stereocenters. The number of aliphatic imine (C=N–C) groups is 1. The SMILES string of the molecule is CCNC(=NCCCSC)NC1CCN(CC(F)F)CC1. The van der Waals surface area contributed by atoms with Gasteiger partial charge in [0.25, 0.3) is 6.43 Å². The lowest BCUT2D eigenvalue weighted by atomic mass is 10.1. The first-order chi connectivity index (χ1) is 10.2. The van der Waals surface area contributed by atoms with E-state index in [0.717, 1.165) is 57.2 Å². The van der Waals surface area contributed by atoms with Crippen LogP contribution in [0.25, 0.3) is 0 Å². The van der Waals surface area contributed by atoms with E-state index in [0.29, 0.717) is 6.04 Å². The number of hydrogen-bond acceptors (Lipinski definition) is 3. The van der Waals surface area contributed by atoms with E-state index < -0.39 is 6.43 Å². The Kier molecular flexibility index (Phi) is 9.74. The van der Waals surface area contributed by atoms with Gasteiger partial charge in [0, 0.05) is 32.2 Å². The highest BCUT2D eigenvalue weighted by atomic mass is 32.2. The maximum absolute atomic E-state index is 12.3. The zero-order valence-corrected chi connectivity index (χ0v) is 13.9. The van der Waals surface area contributed by atoms with Crippen molar-refractivity contribution in [2.45, 2.75) is 38.7 Å². The Morgan fingerprint density at radius 3 is 2.67 bits per heavy atom. The van der Waals surface area contributed by atoms with Gasteiger partial charge in [0.2, 0.25) is 0 Å². The van der Waals surface area contributed by atoms with Crippen LogP contribution in [-0.4, -0.2) is 68.1 Å². The van der Waals surface area contributed by atoms with Crippen LogP contribution in [0.5, 0.6) is 0 Å². The van der Waals surface area contributed by atoms with E-state index in [9.17, 15) is 8.78 Å². The number of halogens is 2. The molecule has 2 N–H and O–H groups in total. The van der Waals surface area contributed by atoms with E-state index in [1.54, 1.807) is 0 Å². The van der Waals surface area contributed by atoms with E-state index >= 15 is 0 Å². The van der Waals surface area contributed by atoms with E-state index in [1.807, 2.05) is 23.6 Å². The molecule has 0 aliphatic carbocycles. The molecule has 7 heteroatoms. The fourth-order valence-corrected chi connectivity index (χ4v) is 2.79. The van der Waals surface area contributed by atoms with Crippen molar-refractivity contribution < 1.29 is 8.78 Å². The second-order valence-corrected chi connectivity index (χ2v) is 6.20. The highest BCUT2D eigenvalue weighted by Crippen LogP contribution is 2.11. The predicted octanol–water partition coefficient (Wildman–Crippen LogP) is 2.02. The Morgan fingerprint density at radius 1 is 1.38 bits per heavy atom. The lowest BCUT2D eigenvalue weighted by molar-refractivity contribution is 0.0744. The van der Waals surface area contributed by atoms with Crippen LogP contribution in [0.1, 0.15) is 26.2 Å². The Hall–Kier alpha value is -0.560. The minimum absolute atomic E-state index is 0.102. The Balaban J connectivity index is 2.32. The average molecular weight is 322 g/mol. The lowest BCUT2D eigenvalue weighted by Gasteiger charge is -2.32. The lowest BCUT2D eigenvalue weighted by Crippen LogP contribution is -2.49. The Labute approximate surface area is 131 Å². The van der Waals surface area contributed by atoms with Gasteiger partial charge in [0.15, 0.2) is 5.96 Å². The van der Waals surface area contributed by atoms with Crippen molar-refractivity contribution in [1.29, 1.82) is 0 Å². The first-order valence-corrected chi connectivity index (χ1v) is 9.09. The molecule has 1 fully saturated rings. The van der Waals surface area contributed by atoms with Crippen LogP contribution in [0, 0.1) is 0 Å². The normalized spacial score (nSPS) is 18.2. The number of nitrogens with zero attached hydrogens (tertiary/aromatic N) is 2. The number of thioether (sulfide) groups is 1. The molecule has 4 nitrogen and oxygen atoms in total. The van der Waals surface area contributed by atoms with Crippen LogP contribution in [0.15, 0.2) is 4.99 Å². The van der Waals surface area contributed by atoms with Crippen LogP contribution in [0.3, 0.4) is 0 Å². The van der Waals surface area contributed by atoms with Gasteiger partial charge in [-0.15, -0.1) is 0 Å².